The lowest BCUT2D eigenvalue weighted by Crippen LogP contribution is -2.27. The summed E-state index contributed by atoms with van der Waals surface area (Å²) in [5.41, 5.74) is 0.0221. The van der Waals surface area contributed by atoms with E-state index in [1.807, 2.05) is 6.92 Å². The molecule has 148 valence electrons. The molecule has 0 aliphatic carbocycles. The summed E-state index contributed by atoms with van der Waals surface area (Å²) in [5, 5.41) is 0. The van der Waals surface area contributed by atoms with E-state index in [1.165, 1.54) is 35.6 Å². The minimum atomic E-state index is -4.37. The molecule has 1 N–H and O–H groups in total. The van der Waals surface area contributed by atoms with Gasteiger partial charge in [0.05, 0.1) is 4.90 Å². The fraction of sp³-hybridized carbons (Fsp3) is 0.294. The second kappa shape index (κ2) is 8.32. The largest absolute Gasteiger partial charge is 0.280 e. The van der Waals surface area contributed by atoms with Crippen molar-refractivity contribution in [3.05, 3.63) is 54.1 Å². The van der Waals surface area contributed by atoms with Crippen molar-refractivity contribution in [3.63, 3.8) is 0 Å². The number of benzene rings is 2. The third-order valence-electron chi connectivity index (χ3n) is 3.82. The second-order valence-electron chi connectivity index (χ2n) is 5.88. The Bertz CT molecular complexity index is 1010. The number of unbranched alkanes of at least 4 members (excludes halogenated alkanes) is 1. The molecule has 0 radical (unpaired) electrons. The van der Waals surface area contributed by atoms with E-state index < -0.39 is 36.6 Å². The van der Waals surface area contributed by atoms with Crippen molar-refractivity contribution in [3.8, 4) is 0 Å². The Kier molecular flexibility index (Phi) is 6.55. The third-order valence-corrected chi connectivity index (χ3v) is 7.09. The van der Waals surface area contributed by atoms with Gasteiger partial charge in [0, 0.05) is 19.3 Å². The standard InChI is InChI=1S/C17H20F2N2O4S2/c1-3-4-11-21(2)27(24,25)15-8-6-14(7-9-15)20-26(22,23)17-12-13(18)5-10-16(17)19/h5-10,12,20H,3-4,11H2,1-2H3. The molecule has 0 spiro atoms. The first-order valence-corrected chi connectivity index (χ1v) is 11.0. The minimum absolute atomic E-state index is 0.000914. The molecule has 0 aliphatic heterocycles. The van der Waals surface area contributed by atoms with Gasteiger partial charge in [0.1, 0.15) is 16.5 Å². The zero-order valence-corrected chi connectivity index (χ0v) is 16.4. The fourth-order valence-electron chi connectivity index (χ4n) is 2.27. The topological polar surface area (TPSA) is 83.6 Å². The van der Waals surface area contributed by atoms with Crippen molar-refractivity contribution >= 4 is 25.7 Å². The van der Waals surface area contributed by atoms with Crippen molar-refractivity contribution < 1.29 is 25.6 Å². The van der Waals surface area contributed by atoms with E-state index in [0.29, 0.717) is 25.1 Å². The van der Waals surface area contributed by atoms with E-state index in [0.717, 1.165) is 12.5 Å². The van der Waals surface area contributed by atoms with Crippen LogP contribution in [0.4, 0.5) is 14.5 Å². The van der Waals surface area contributed by atoms with Gasteiger partial charge in [0.25, 0.3) is 10.0 Å². The van der Waals surface area contributed by atoms with Gasteiger partial charge in [-0.05, 0) is 48.9 Å². The average molecular weight is 418 g/mol. The van der Waals surface area contributed by atoms with Crippen LogP contribution in [0.25, 0.3) is 0 Å². The first kappa shape index (κ1) is 21.3. The van der Waals surface area contributed by atoms with Gasteiger partial charge in [-0.3, -0.25) is 4.72 Å². The van der Waals surface area contributed by atoms with E-state index in [9.17, 15) is 25.6 Å². The molecule has 0 aliphatic rings. The van der Waals surface area contributed by atoms with Gasteiger partial charge in [-0.1, -0.05) is 13.3 Å². The Morgan fingerprint density at radius 3 is 2.22 bits per heavy atom. The Hall–Kier alpha value is -2.04. The zero-order chi connectivity index (χ0) is 20.2. The summed E-state index contributed by atoms with van der Waals surface area (Å²) in [4.78, 5) is -0.834. The molecule has 27 heavy (non-hydrogen) atoms. The summed E-state index contributed by atoms with van der Waals surface area (Å²) in [5.74, 6) is -1.99. The number of hydrogen-bond acceptors (Lipinski definition) is 4. The van der Waals surface area contributed by atoms with E-state index in [2.05, 4.69) is 4.72 Å². The van der Waals surface area contributed by atoms with E-state index in [1.54, 1.807) is 0 Å². The number of rotatable bonds is 8. The predicted molar refractivity (Wildman–Crippen MR) is 98.3 cm³/mol. The van der Waals surface area contributed by atoms with Crippen molar-refractivity contribution in [1.29, 1.82) is 0 Å². The summed E-state index contributed by atoms with van der Waals surface area (Å²) < 4.78 is 79.6. The fourth-order valence-corrected chi connectivity index (χ4v) is 4.63. The van der Waals surface area contributed by atoms with Crippen LogP contribution in [0.2, 0.25) is 0 Å². The summed E-state index contributed by atoms with van der Waals surface area (Å²) in [7, 11) is -6.59. The molecule has 0 bridgehead atoms. The van der Waals surface area contributed by atoms with Crippen molar-refractivity contribution in [2.24, 2.45) is 0 Å². The average Bonchev–Trinajstić information content (AvgIpc) is 2.61. The van der Waals surface area contributed by atoms with E-state index in [4.69, 9.17) is 0 Å². The van der Waals surface area contributed by atoms with Gasteiger partial charge in [-0.25, -0.2) is 29.9 Å². The Morgan fingerprint density at radius 2 is 1.63 bits per heavy atom. The highest BCUT2D eigenvalue weighted by molar-refractivity contribution is 7.92. The quantitative estimate of drug-likeness (QED) is 0.714. The lowest BCUT2D eigenvalue weighted by Gasteiger charge is -2.17. The van der Waals surface area contributed by atoms with Crippen LogP contribution in [0.3, 0.4) is 0 Å². The summed E-state index contributed by atoms with van der Waals surface area (Å²) in [6, 6.07) is 7.08. The molecule has 0 atom stereocenters. The SMILES string of the molecule is CCCCN(C)S(=O)(=O)c1ccc(NS(=O)(=O)c2cc(F)ccc2F)cc1. The van der Waals surface area contributed by atoms with Crippen molar-refractivity contribution in [1.82, 2.24) is 4.31 Å². The van der Waals surface area contributed by atoms with Crippen LogP contribution in [0, 0.1) is 11.6 Å². The molecule has 0 aromatic heterocycles. The Labute approximate surface area is 157 Å². The van der Waals surface area contributed by atoms with Crippen LogP contribution >= 0.6 is 0 Å². The predicted octanol–water partition coefficient (Wildman–Crippen LogP) is 3.19. The van der Waals surface area contributed by atoms with Crippen molar-refractivity contribution in [2.75, 3.05) is 18.3 Å². The molecular weight excluding hydrogens is 398 g/mol. The normalized spacial score (nSPS) is 12.3. The molecule has 10 heteroatoms. The molecule has 6 nitrogen and oxygen atoms in total. The minimum Gasteiger partial charge on any atom is -0.280 e. The highest BCUT2D eigenvalue weighted by atomic mass is 32.2. The molecule has 0 heterocycles. The Morgan fingerprint density at radius 1 is 1.00 bits per heavy atom. The molecule has 0 amide bonds. The number of hydrogen-bond donors (Lipinski definition) is 1. The van der Waals surface area contributed by atoms with Gasteiger partial charge in [0.2, 0.25) is 10.0 Å². The van der Waals surface area contributed by atoms with Crippen LogP contribution in [-0.2, 0) is 20.0 Å². The number of sulfonamides is 2. The second-order valence-corrected chi connectivity index (χ2v) is 9.58. The van der Waals surface area contributed by atoms with Gasteiger partial charge < -0.3 is 0 Å². The monoisotopic (exact) mass is 418 g/mol. The van der Waals surface area contributed by atoms with Gasteiger partial charge in [-0.15, -0.1) is 0 Å². The first-order valence-electron chi connectivity index (χ1n) is 8.12. The van der Waals surface area contributed by atoms with Crippen LogP contribution < -0.4 is 4.72 Å². The van der Waals surface area contributed by atoms with E-state index in [-0.39, 0.29) is 10.6 Å². The van der Waals surface area contributed by atoms with Crippen molar-refractivity contribution in [2.45, 2.75) is 29.6 Å². The number of anilines is 1. The number of halogens is 2. The number of nitrogens with zero attached hydrogens (tertiary/aromatic N) is 1. The Balaban J connectivity index is 2.24. The third kappa shape index (κ3) is 5.02. The molecule has 2 rings (SSSR count). The van der Waals surface area contributed by atoms with Gasteiger partial charge in [0.15, 0.2) is 0 Å². The highest BCUT2D eigenvalue weighted by Crippen LogP contribution is 2.22. The molecule has 0 saturated carbocycles. The summed E-state index contributed by atoms with van der Waals surface area (Å²) in [6.07, 6.45) is 1.56. The molecule has 0 unspecified atom stereocenters. The van der Waals surface area contributed by atoms with E-state index >= 15 is 0 Å². The smallest absolute Gasteiger partial charge is 0.264 e. The highest BCUT2D eigenvalue weighted by Gasteiger charge is 2.22. The summed E-state index contributed by atoms with van der Waals surface area (Å²) >= 11 is 0. The van der Waals surface area contributed by atoms with Gasteiger partial charge in [-0.2, -0.15) is 0 Å². The maximum Gasteiger partial charge on any atom is 0.264 e. The maximum absolute atomic E-state index is 13.7. The lowest BCUT2D eigenvalue weighted by molar-refractivity contribution is 0.459. The van der Waals surface area contributed by atoms with Crippen LogP contribution in [0.15, 0.2) is 52.3 Å². The molecular formula is C17H20F2N2O4S2. The van der Waals surface area contributed by atoms with Gasteiger partial charge >= 0.3 is 0 Å². The molecule has 0 saturated heterocycles. The first-order chi connectivity index (χ1) is 12.6. The lowest BCUT2D eigenvalue weighted by atomic mass is 10.3. The van der Waals surface area contributed by atoms with Crippen LogP contribution in [0.5, 0.6) is 0 Å². The van der Waals surface area contributed by atoms with Crippen LogP contribution in [-0.4, -0.2) is 34.7 Å². The number of nitrogens with one attached hydrogen (secondary N) is 1. The molecule has 2 aromatic rings. The molecule has 2 aromatic carbocycles. The summed E-state index contributed by atoms with van der Waals surface area (Å²) in [6.45, 7) is 2.31. The molecule has 0 fully saturated rings. The maximum atomic E-state index is 13.7. The zero-order valence-electron chi connectivity index (χ0n) is 14.8. The van der Waals surface area contributed by atoms with Crippen LogP contribution in [0.1, 0.15) is 19.8 Å².